The fraction of sp³-hybridized carbons (Fsp3) is 0.312. The van der Waals surface area contributed by atoms with Gasteiger partial charge < -0.3 is 10.4 Å². The molecule has 0 saturated heterocycles. The van der Waals surface area contributed by atoms with E-state index >= 15 is 0 Å². The van der Waals surface area contributed by atoms with Crippen molar-refractivity contribution in [2.75, 3.05) is 6.61 Å². The predicted molar refractivity (Wildman–Crippen MR) is 82.4 cm³/mol. The van der Waals surface area contributed by atoms with E-state index in [9.17, 15) is 4.79 Å². The molecule has 0 saturated carbocycles. The second-order valence-electron chi connectivity index (χ2n) is 5.07. The van der Waals surface area contributed by atoms with Crippen LogP contribution in [-0.4, -0.2) is 33.6 Å². The molecule has 21 heavy (non-hydrogen) atoms. The second kappa shape index (κ2) is 6.95. The summed E-state index contributed by atoms with van der Waals surface area (Å²) in [5.41, 5.74) is 2.25. The van der Waals surface area contributed by atoms with Crippen LogP contribution in [0.4, 0.5) is 0 Å². The molecule has 5 nitrogen and oxygen atoms in total. The Labute approximate surface area is 123 Å². The van der Waals surface area contributed by atoms with Crippen molar-refractivity contribution in [2.45, 2.75) is 19.9 Å². The minimum absolute atomic E-state index is 0.0165. The van der Waals surface area contributed by atoms with Gasteiger partial charge in [-0.15, -0.1) is 0 Å². The minimum Gasteiger partial charge on any atom is -0.396 e. The van der Waals surface area contributed by atoms with Gasteiger partial charge in [0, 0.05) is 18.7 Å². The molecular weight excluding hydrogens is 266 g/mol. The molecule has 0 aliphatic carbocycles. The summed E-state index contributed by atoms with van der Waals surface area (Å²) in [4.78, 5) is 20.5. The molecule has 0 fully saturated rings. The first-order chi connectivity index (χ1) is 10.1. The lowest BCUT2D eigenvalue weighted by atomic mass is 10.1. The average Bonchev–Trinajstić information content (AvgIpc) is 2.51. The summed E-state index contributed by atoms with van der Waals surface area (Å²) in [6.45, 7) is 3.78. The first-order valence-electron chi connectivity index (χ1n) is 6.91. The largest absolute Gasteiger partial charge is 0.396 e. The maximum absolute atomic E-state index is 11.8. The lowest BCUT2D eigenvalue weighted by molar-refractivity contribution is -0.117. The van der Waals surface area contributed by atoms with Crippen molar-refractivity contribution in [1.29, 1.82) is 0 Å². The molecule has 0 bridgehead atoms. The number of fused-ring (bicyclic) bond motifs is 1. The van der Waals surface area contributed by atoms with E-state index in [0.717, 1.165) is 11.0 Å². The number of carbonyl (C=O) groups is 1. The molecule has 2 aromatic rings. The maximum atomic E-state index is 11.8. The number of para-hydroxylation sites is 2. The number of nitrogens with zero attached hydrogens (tertiary/aromatic N) is 2. The molecule has 2 atom stereocenters. The van der Waals surface area contributed by atoms with E-state index in [0.29, 0.717) is 5.69 Å². The molecule has 1 heterocycles. The summed E-state index contributed by atoms with van der Waals surface area (Å²) < 4.78 is 0. The standard InChI is InChI=1S/C16H19N3O2/c1-11(10-20)12(2)18-16(21)8-7-13-9-17-14-5-3-4-6-15(14)19-13/h3-9,11-12,20H,10H2,1-2H3,(H,18,21)/b8-7+. The Morgan fingerprint density at radius 2 is 2.05 bits per heavy atom. The van der Waals surface area contributed by atoms with Crippen LogP contribution < -0.4 is 5.32 Å². The number of carbonyl (C=O) groups excluding carboxylic acids is 1. The molecule has 0 aliphatic rings. The van der Waals surface area contributed by atoms with Crippen LogP contribution in [0.15, 0.2) is 36.5 Å². The van der Waals surface area contributed by atoms with Gasteiger partial charge in [-0.2, -0.15) is 0 Å². The van der Waals surface area contributed by atoms with Crippen molar-refractivity contribution in [2.24, 2.45) is 5.92 Å². The topological polar surface area (TPSA) is 75.1 Å². The lowest BCUT2D eigenvalue weighted by Crippen LogP contribution is -2.37. The molecule has 0 aliphatic heterocycles. The molecule has 5 heteroatoms. The third-order valence-electron chi connectivity index (χ3n) is 3.38. The Balaban J connectivity index is 2.03. The van der Waals surface area contributed by atoms with Crippen molar-refractivity contribution >= 4 is 23.0 Å². The van der Waals surface area contributed by atoms with Crippen molar-refractivity contribution in [3.8, 4) is 0 Å². The van der Waals surface area contributed by atoms with Gasteiger partial charge in [-0.05, 0) is 31.1 Å². The van der Waals surface area contributed by atoms with Gasteiger partial charge in [-0.1, -0.05) is 19.1 Å². The van der Waals surface area contributed by atoms with Gasteiger partial charge in [-0.3, -0.25) is 9.78 Å². The summed E-state index contributed by atoms with van der Waals surface area (Å²) in [6.07, 6.45) is 4.69. The second-order valence-corrected chi connectivity index (χ2v) is 5.07. The molecule has 1 aromatic carbocycles. The zero-order chi connectivity index (χ0) is 15.2. The lowest BCUT2D eigenvalue weighted by Gasteiger charge is -2.17. The van der Waals surface area contributed by atoms with Gasteiger partial charge in [-0.25, -0.2) is 4.98 Å². The van der Waals surface area contributed by atoms with Gasteiger partial charge >= 0.3 is 0 Å². The number of benzene rings is 1. The van der Waals surface area contributed by atoms with Gasteiger partial charge in [0.2, 0.25) is 5.91 Å². The Bertz CT molecular complexity index is 655. The number of aliphatic hydroxyl groups excluding tert-OH is 1. The van der Waals surface area contributed by atoms with E-state index in [1.54, 1.807) is 12.3 Å². The van der Waals surface area contributed by atoms with Crippen LogP contribution >= 0.6 is 0 Å². The van der Waals surface area contributed by atoms with Crippen molar-refractivity contribution < 1.29 is 9.90 Å². The number of amides is 1. The third-order valence-corrected chi connectivity index (χ3v) is 3.38. The Kier molecular flexibility index (Phi) is 5.00. The zero-order valence-electron chi connectivity index (χ0n) is 12.2. The maximum Gasteiger partial charge on any atom is 0.244 e. The molecule has 110 valence electrons. The van der Waals surface area contributed by atoms with E-state index in [1.807, 2.05) is 38.1 Å². The first-order valence-corrected chi connectivity index (χ1v) is 6.91. The highest BCUT2D eigenvalue weighted by molar-refractivity contribution is 5.91. The van der Waals surface area contributed by atoms with Crippen LogP contribution in [-0.2, 0) is 4.79 Å². The molecule has 0 spiro atoms. The normalized spacial score (nSPS) is 14.2. The van der Waals surface area contributed by atoms with E-state index < -0.39 is 0 Å². The number of aromatic nitrogens is 2. The minimum atomic E-state index is -0.210. The van der Waals surface area contributed by atoms with Crippen LogP contribution in [0.5, 0.6) is 0 Å². The molecule has 2 N–H and O–H groups in total. The summed E-state index contributed by atoms with van der Waals surface area (Å²) in [7, 11) is 0. The van der Waals surface area contributed by atoms with Crippen molar-refractivity contribution in [1.82, 2.24) is 15.3 Å². The summed E-state index contributed by atoms with van der Waals surface area (Å²) in [6, 6.07) is 7.49. The molecular formula is C16H19N3O2. The average molecular weight is 285 g/mol. The highest BCUT2D eigenvalue weighted by Gasteiger charge is 2.12. The number of rotatable bonds is 5. The van der Waals surface area contributed by atoms with Crippen LogP contribution in [0.3, 0.4) is 0 Å². The van der Waals surface area contributed by atoms with E-state index in [4.69, 9.17) is 5.11 Å². The SMILES string of the molecule is CC(CO)C(C)NC(=O)/C=C/c1cnc2ccccc2n1. The fourth-order valence-electron chi connectivity index (χ4n) is 1.79. The van der Waals surface area contributed by atoms with Crippen molar-refractivity contribution in [3.63, 3.8) is 0 Å². The number of aliphatic hydroxyl groups is 1. The third kappa shape index (κ3) is 4.10. The molecule has 2 rings (SSSR count). The van der Waals surface area contributed by atoms with E-state index in [2.05, 4.69) is 15.3 Å². The van der Waals surface area contributed by atoms with Crippen LogP contribution in [0.25, 0.3) is 17.1 Å². The summed E-state index contributed by atoms with van der Waals surface area (Å²) in [5, 5.41) is 11.8. The zero-order valence-corrected chi connectivity index (χ0v) is 12.2. The van der Waals surface area contributed by atoms with Gasteiger partial charge in [0.1, 0.15) is 0 Å². The quantitative estimate of drug-likeness (QED) is 0.821. The summed E-state index contributed by atoms with van der Waals surface area (Å²) in [5.74, 6) is -0.194. The number of nitrogens with one attached hydrogen (secondary N) is 1. The molecule has 1 aromatic heterocycles. The van der Waals surface area contributed by atoms with Crippen LogP contribution in [0.1, 0.15) is 19.5 Å². The predicted octanol–water partition coefficient (Wildman–Crippen LogP) is 1.78. The highest BCUT2D eigenvalue weighted by atomic mass is 16.3. The smallest absolute Gasteiger partial charge is 0.244 e. The molecule has 1 amide bonds. The Morgan fingerprint density at radius 1 is 1.33 bits per heavy atom. The highest BCUT2D eigenvalue weighted by Crippen LogP contribution is 2.09. The van der Waals surface area contributed by atoms with Gasteiger partial charge in [0.05, 0.1) is 22.9 Å². The molecule has 2 unspecified atom stereocenters. The molecule has 0 radical (unpaired) electrons. The van der Waals surface area contributed by atoms with Crippen LogP contribution in [0.2, 0.25) is 0 Å². The number of hydrogen-bond acceptors (Lipinski definition) is 4. The Morgan fingerprint density at radius 3 is 2.76 bits per heavy atom. The van der Waals surface area contributed by atoms with Crippen molar-refractivity contribution in [3.05, 3.63) is 42.2 Å². The first kappa shape index (κ1) is 15.1. The van der Waals surface area contributed by atoms with Gasteiger partial charge in [0.15, 0.2) is 0 Å². The fourth-order valence-corrected chi connectivity index (χ4v) is 1.79. The summed E-state index contributed by atoms with van der Waals surface area (Å²) >= 11 is 0. The van der Waals surface area contributed by atoms with Gasteiger partial charge in [0.25, 0.3) is 0 Å². The van der Waals surface area contributed by atoms with Crippen LogP contribution in [0, 0.1) is 5.92 Å². The number of hydrogen-bond donors (Lipinski definition) is 2. The Hall–Kier alpha value is -2.27. The van der Waals surface area contributed by atoms with E-state index in [1.165, 1.54) is 6.08 Å². The monoisotopic (exact) mass is 285 g/mol. The van der Waals surface area contributed by atoms with E-state index in [-0.39, 0.29) is 24.5 Å².